The van der Waals surface area contributed by atoms with Gasteiger partial charge in [0.15, 0.2) is 0 Å². The number of benzene rings is 2. The lowest BCUT2D eigenvalue weighted by Gasteiger charge is -2.30. The minimum Gasteiger partial charge on any atom is -0.323 e. The first kappa shape index (κ1) is 20.2. The van der Waals surface area contributed by atoms with E-state index in [9.17, 15) is 14.4 Å². The van der Waals surface area contributed by atoms with Crippen LogP contribution < -0.4 is 10.6 Å². The number of rotatable bonds is 4. The third-order valence-electron chi connectivity index (χ3n) is 6.91. The first-order valence-corrected chi connectivity index (χ1v) is 11.0. The molecular formula is C24H24ClN3O3. The van der Waals surface area contributed by atoms with E-state index >= 15 is 0 Å². The molecule has 0 unspecified atom stereocenters. The molecule has 0 aliphatic carbocycles. The van der Waals surface area contributed by atoms with Crippen LogP contribution in [0.2, 0.25) is 5.02 Å². The number of amides is 3. The summed E-state index contributed by atoms with van der Waals surface area (Å²) in [6, 6.07) is 14.8. The van der Waals surface area contributed by atoms with E-state index in [4.69, 9.17) is 11.6 Å². The van der Waals surface area contributed by atoms with Gasteiger partial charge in [0.2, 0.25) is 17.7 Å². The highest BCUT2D eigenvalue weighted by atomic mass is 35.5. The van der Waals surface area contributed by atoms with Gasteiger partial charge in [0.05, 0.1) is 22.5 Å². The van der Waals surface area contributed by atoms with Crippen LogP contribution in [0.4, 0.5) is 5.69 Å². The van der Waals surface area contributed by atoms with Gasteiger partial charge in [0.25, 0.3) is 0 Å². The molecule has 2 aromatic carbocycles. The summed E-state index contributed by atoms with van der Waals surface area (Å²) in [5.74, 6) is -2.11. The van der Waals surface area contributed by atoms with Gasteiger partial charge in [-0.25, -0.2) is 0 Å². The topological polar surface area (TPSA) is 78.5 Å². The lowest BCUT2D eigenvalue weighted by Crippen LogP contribution is -2.54. The van der Waals surface area contributed by atoms with Crippen LogP contribution in [-0.4, -0.2) is 35.2 Å². The number of carbonyl (C=O) groups excluding carboxylic acids is 3. The highest BCUT2D eigenvalue weighted by Gasteiger charge is 2.70. The Hall–Kier alpha value is -2.70. The summed E-state index contributed by atoms with van der Waals surface area (Å²) in [6.45, 7) is 4.31. The van der Waals surface area contributed by atoms with Gasteiger partial charge in [0, 0.05) is 18.2 Å². The maximum atomic E-state index is 13.6. The van der Waals surface area contributed by atoms with E-state index in [0.29, 0.717) is 29.2 Å². The molecule has 4 atom stereocenters. The molecule has 2 N–H and O–H groups in total. The fourth-order valence-corrected chi connectivity index (χ4v) is 5.69. The molecule has 0 radical (unpaired) electrons. The summed E-state index contributed by atoms with van der Waals surface area (Å²) < 4.78 is 0. The van der Waals surface area contributed by atoms with Crippen LogP contribution in [0.3, 0.4) is 0 Å². The van der Waals surface area contributed by atoms with Crippen molar-refractivity contribution in [2.45, 2.75) is 31.8 Å². The van der Waals surface area contributed by atoms with Crippen LogP contribution in [0.15, 0.2) is 48.5 Å². The highest BCUT2D eigenvalue weighted by molar-refractivity contribution is 6.35. The van der Waals surface area contributed by atoms with Crippen molar-refractivity contribution in [3.05, 3.63) is 64.7 Å². The normalized spacial score (nSPS) is 29.1. The molecule has 6 nitrogen and oxygen atoms in total. The summed E-state index contributed by atoms with van der Waals surface area (Å²) in [5.41, 5.74) is 0.944. The number of fused-ring (bicyclic) bond motifs is 4. The Morgan fingerprint density at radius 2 is 1.77 bits per heavy atom. The quantitative estimate of drug-likeness (QED) is 0.721. The van der Waals surface area contributed by atoms with Gasteiger partial charge in [0.1, 0.15) is 5.54 Å². The first-order valence-electron chi connectivity index (χ1n) is 10.6. The van der Waals surface area contributed by atoms with E-state index in [1.165, 1.54) is 4.90 Å². The summed E-state index contributed by atoms with van der Waals surface area (Å²) >= 11 is 6.34. The minimum atomic E-state index is -1.28. The molecule has 3 aliphatic heterocycles. The number of likely N-dealkylation sites (tertiary alicyclic amines) is 1. The average Bonchev–Trinajstić information content (AvgIpc) is 3.34. The van der Waals surface area contributed by atoms with Crippen molar-refractivity contribution in [3.63, 3.8) is 0 Å². The molecule has 2 fully saturated rings. The predicted octanol–water partition coefficient (Wildman–Crippen LogP) is 2.96. The molecule has 3 aliphatic rings. The SMILES string of the molecule is CC(C)[C@@H]1N[C@@]2(C(=O)Nc3c(Cl)cccc32)[C@@H]2C(=O)N(CCc3ccccc3)C(=O)[C@@H]21. The molecular weight excluding hydrogens is 414 g/mol. The minimum absolute atomic E-state index is 0.0636. The number of hydrogen-bond donors (Lipinski definition) is 2. The van der Waals surface area contributed by atoms with Gasteiger partial charge in [-0.05, 0) is 24.0 Å². The lowest BCUT2D eigenvalue weighted by atomic mass is 9.76. The van der Waals surface area contributed by atoms with Gasteiger partial charge < -0.3 is 5.32 Å². The fourth-order valence-electron chi connectivity index (χ4n) is 5.46. The van der Waals surface area contributed by atoms with Crippen LogP contribution in [0.1, 0.15) is 25.0 Å². The number of nitrogens with one attached hydrogen (secondary N) is 2. The van der Waals surface area contributed by atoms with Crippen molar-refractivity contribution >= 4 is 35.0 Å². The van der Waals surface area contributed by atoms with Crippen molar-refractivity contribution in [1.29, 1.82) is 0 Å². The number of nitrogens with zero attached hydrogens (tertiary/aromatic N) is 1. The zero-order valence-electron chi connectivity index (χ0n) is 17.4. The second-order valence-electron chi connectivity index (χ2n) is 8.91. The highest BCUT2D eigenvalue weighted by Crippen LogP contribution is 2.54. The largest absolute Gasteiger partial charge is 0.323 e. The van der Waals surface area contributed by atoms with Crippen LogP contribution >= 0.6 is 11.6 Å². The Bertz CT molecular complexity index is 1090. The van der Waals surface area contributed by atoms with Crippen LogP contribution in [-0.2, 0) is 26.3 Å². The van der Waals surface area contributed by atoms with E-state index in [0.717, 1.165) is 5.56 Å². The average molecular weight is 438 g/mol. The zero-order chi connectivity index (χ0) is 21.9. The first-order chi connectivity index (χ1) is 14.9. The van der Waals surface area contributed by atoms with E-state index in [1.807, 2.05) is 50.2 Å². The van der Waals surface area contributed by atoms with Gasteiger partial charge >= 0.3 is 0 Å². The Labute approximate surface area is 185 Å². The molecule has 0 bridgehead atoms. The van der Waals surface area contributed by atoms with Crippen LogP contribution in [0.25, 0.3) is 0 Å². The Balaban J connectivity index is 1.56. The Morgan fingerprint density at radius 3 is 2.48 bits per heavy atom. The number of para-hydroxylation sites is 1. The van der Waals surface area contributed by atoms with Crippen molar-refractivity contribution in [1.82, 2.24) is 10.2 Å². The van der Waals surface area contributed by atoms with Crippen molar-refractivity contribution in [3.8, 4) is 0 Å². The number of anilines is 1. The maximum absolute atomic E-state index is 13.6. The molecule has 1 spiro atoms. The number of hydrogen-bond acceptors (Lipinski definition) is 4. The van der Waals surface area contributed by atoms with E-state index in [-0.39, 0.29) is 29.7 Å². The second-order valence-corrected chi connectivity index (χ2v) is 9.31. The number of halogens is 1. The lowest BCUT2D eigenvalue weighted by molar-refractivity contribution is -0.142. The van der Waals surface area contributed by atoms with Crippen molar-refractivity contribution < 1.29 is 14.4 Å². The molecule has 3 amide bonds. The van der Waals surface area contributed by atoms with E-state index in [2.05, 4.69) is 10.6 Å². The molecule has 2 saturated heterocycles. The van der Waals surface area contributed by atoms with E-state index in [1.54, 1.807) is 12.1 Å². The summed E-state index contributed by atoms with van der Waals surface area (Å²) in [5, 5.41) is 6.70. The monoisotopic (exact) mass is 437 g/mol. The molecule has 0 saturated carbocycles. The maximum Gasteiger partial charge on any atom is 0.250 e. The van der Waals surface area contributed by atoms with Gasteiger partial charge in [-0.3, -0.25) is 24.6 Å². The number of carbonyl (C=O) groups is 3. The third kappa shape index (κ3) is 2.78. The van der Waals surface area contributed by atoms with Gasteiger partial charge in [-0.1, -0.05) is 67.9 Å². The number of imide groups is 1. The molecule has 0 aromatic heterocycles. The molecule has 160 valence electrons. The molecule has 2 aromatic rings. The Kier molecular flexibility index (Phi) is 4.68. The molecule has 5 rings (SSSR count). The van der Waals surface area contributed by atoms with Gasteiger partial charge in [-0.15, -0.1) is 0 Å². The molecule has 3 heterocycles. The van der Waals surface area contributed by atoms with E-state index < -0.39 is 17.4 Å². The second kappa shape index (κ2) is 7.18. The molecule has 31 heavy (non-hydrogen) atoms. The Morgan fingerprint density at radius 1 is 1.03 bits per heavy atom. The fraction of sp³-hybridized carbons (Fsp3) is 0.375. The third-order valence-corrected chi connectivity index (χ3v) is 7.23. The standard InChI is InChI=1S/C24H24ClN3O3/c1-13(2)19-17-18(22(30)28(21(17)29)12-11-14-7-4-3-5-8-14)24(27-19)15-9-6-10-16(25)20(15)26-23(24)31/h3-10,13,17-19,27H,11-12H2,1-2H3,(H,26,31)/t17-,18-,19-,24+/m0/s1. The predicted molar refractivity (Wildman–Crippen MR) is 117 cm³/mol. The van der Waals surface area contributed by atoms with Crippen LogP contribution in [0, 0.1) is 17.8 Å². The van der Waals surface area contributed by atoms with Crippen LogP contribution in [0.5, 0.6) is 0 Å². The van der Waals surface area contributed by atoms with Gasteiger partial charge in [-0.2, -0.15) is 0 Å². The smallest absolute Gasteiger partial charge is 0.250 e. The summed E-state index contributed by atoms with van der Waals surface area (Å²) in [7, 11) is 0. The van der Waals surface area contributed by atoms with Crippen molar-refractivity contribution in [2.75, 3.05) is 11.9 Å². The van der Waals surface area contributed by atoms with Crippen molar-refractivity contribution in [2.24, 2.45) is 17.8 Å². The zero-order valence-corrected chi connectivity index (χ0v) is 18.1. The molecule has 7 heteroatoms. The summed E-state index contributed by atoms with van der Waals surface area (Å²) in [6.07, 6.45) is 0.582. The summed E-state index contributed by atoms with van der Waals surface area (Å²) in [4.78, 5) is 41.8.